The van der Waals surface area contributed by atoms with Gasteiger partial charge in [-0.05, 0) is 23.1 Å². The van der Waals surface area contributed by atoms with Crippen molar-refractivity contribution in [1.29, 1.82) is 0 Å². The molecule has 15 heavy (non-hydrogen) atoms. The third-order valence-electron chi connectivity index (χ3n) is 2.48. The Labute approximate surface area is 89.0 Å². The Morgan fingerprint density at radius 1 is 1.20 bits per heavy atom. The largest absolute Gasteiger partial charge is 0.454 e. The lowest BCUT2D eigenvalue weighted by atomic mass is 9.84. The van der Waals surface area contributed by atoms with Crippen molar-refractivity contribution in [3.63, 3.8) is 0 Å². The van der Waals surface area contributed by atoms with Crippen molar-refractivity contribution < 1.29 is 14.3 Å². The minimum Gasteiger partial charge on any atom is -0.454 e. The summed E-state index contributed by atoms with van der Waals surface area (Å²) in [7, 11) is 0. The molecule has 0 saturated heterocycles. The van der Waals surface area contributed by atoms with Crippen LogP contribution in [0.1, 0.15) is 36.7 Å². The molecule has 80 valence electrons. The van der Waals surface area contributed by atoms with Gasteiger partial charge in [-0.15, -0.1) is 0 Å². The predicted molar refractivity (Wildman–Crippen MR) is 56.7 cm³/mol. The van der Waals surface area contributed by atoms with Gasteiger partial charge in [-0.1, -0.05) is 20.8 Å². The molecule has 0 fully saturated rings. The Morgan fingerprint density at radius 3 is 2.33 bits per heavy atom. The average molecular weight is 206 g/mol. The first-order valence-corrected chi connectivity index (χ1v) is 4.91. The molecule has 2 rings (SSSR count). The number of carbonyl (C=O) groups excluding carboxylic acids is 1. The van der Waals surface area contributed by atoms with Gasteiger partial charge in [0.15, 0.2) is 11.5 Å². The van der Waals surface area contributed by atoms with Gasteiger partial charge in [0.25, 0.3) is 0 Å². The zero-order chi connectivity index (χ0) is 11.1. The monoisotopic (exact) mass is 206 g/mol. The minimum absolute atomic E-state index is 0.0722. The van der Waals surface area contributed by atoms with Crippen LogP contribution in [0.3, 0.4) is 0 Å². The summed E-state index contributed by atoms with van der Waals surface area (Å²) in [5.41, 5.74) is 1.59. The van der Waals surface area contributed by atoms with E-state index in [1.54, 1.807) is 6.07 Å². The first kappa shape index (κ1) is 10.0. The second kappa shape index (κ2) is 3.26. The van der Waals surface area contributed by atoms with Crippen molar-refractivity contribution >= 4 is 6.29 Å². The molecule has 0 radical (unpaired) electrons. The summed E-state index contributed by atoms with van der Waals surface area (Å²) < 4.78 is 10.5. The van der Waals surface area contributed by atoms with E-state index in [4.69, 9.17) is 9.47 Å². The highest BCUT2D eigenvalue weighted by molar-refractivity contribution is 5.80. The highest BCUT2D eigenvalue weighted by atomic mass is 16.7. The summed E-state index contributed by atoms with van der Waals surface area (Å²) in [6.45, 7) is 6.44. The van der Waals surface area contributed by atoms with Gasteiger partial charge in [-0.25, -0.2) is 0 Å². The zero-order valence-corrected chi connectivity index (χ0v) is 9.16. The number of fused-ring (bicyclic) bond motifs is 1. The fourth-order valence-electron chi connectivity index (χ4n) is 1.70. The van der Waals surface area contributed by atoms with Gasteiger partial charge < -0.3 is 9.47 Å². The van der Waals surface area contributed by atoms with Crippen LogP contribution < -0.4 is 9.47 Å². The Balaban J connectivity index is 2.59. The summed E-state index contributed by atoms with van der Waals surface area (Å²) in [5, 5.41) is 0. The number of hydrogen-bond donors (Lipinski definition) is 0. The van der Waals surface area contributed by atoms with Crippen molar-refractivity contribution in [3.05, 3.63) is 23.3 Å². The van der Waals surface area contributed by atoms with Crippen LogP contribution in [0.5, 0.6) is 11.5 Å². The van der Waals surface area contributed by atoms with Crippen molar-refractivity contribution in [3.8, 4) is 11.5 Å². The number of hydrogen-bond acceptors (Lipinski definition) is 3. The second-order valence-electron chi connectivity index (χ2n) is 4.66. The van der Waals surface area contributed by atoms with Crippen LogP contribution in [0, 0.1) is 0 Å². The normalized spacial score (nSPS) is 14.1. The Kier molecular flexibility index (Phi) is 2.18. The molecule has 0 aromatic heterocycles. The van der Waals surface area contributed by atoms with E-state index < -0.39 is 0 Å². The SMILES string of the molecule is CC(C)(C)c1cc2c(cc1C=O)OCO2. The zero-order valence-electron chi connectivity index (χ0n) is 9.16. The van der Waals surface area contributed by atoms with E-state index in [0.29, 0.717) is 11.3 Å². The molecular weight excluding hydrogens is 192 g/mol. The molecule has 0 aliphatic carbocycles. The van der Waals surface area contributed by atoms with Crippen molar-refractivity contribution in [1.82, 2.24) is 0 Å². The first-order chi connectivity index (χ1) is 7.02. The van der Waals surface area contributed by atoms with Crippen LogP contribution >= 0.6 is 0 Å². The molecular formula is C12H14O3. The summed E-state index contributed by atoms with van der Waals surface area (Å²) in [5.74, 6) is 1.38. The Morgan fingerprint density at radius 2 is 1.80 bits per heavy atom. The lowest BCUT2D eigenvalue weighted by molar-refractivity contribution is 0.112. The van der Waals surface area contributed by atoms with Crippen LogP contribution in [0.2, 0.25) is 0 Å². The molecule has 0 unspecified atom stereocenters. The topological polar surface area (TPSA) is 35.5 Å². The molecule has 1 aromatic rings. The lowest BCUT2D eigenvalue weighted by Gasteiger charge is -2.21. The predicted octanol–water partition coefficient (Wildman–Crippen LogP) is 2.53. The van der Waals surface area contributed by atoms with Crippen LogP contribution in [0.4, 0.5) is 0 Å². The molecule has 0 saturated carbocycles. The van der Waals surface area contributed by atoms with Gasteiger partial charge in [0, 0.05) is 5.56 Å². The molecule has 1 aliphatic heterocycles. The van der Waals surface area contributed by atoms with Gasteiger partial charge in [0.2, 0.25) is 6.79 Å². The number of rotatable bonds is 1. The minimum atomic E-state index is -0.0722. The van der Waals surface area contributed by atoms with Crippen LogP contribution in [-0.2, 0) is 5.41 Å². The lowest BCUT2D eigenvalue weighted by Crippen LogP contribution is -2.14. The molecule has 0 N–H and O–H groups in total. The third-order valence-corrected chi connectivity index (χ3v) is 2.48. The van der Waals surface area contributed by atoms with Crippen molar-refractivity contribution in [2.75, 3.05) is 6.79 Å². The van der Waals surface area contributed by atoms with Crippen LogP contribution in [0.15, 0.2) is 12.1 Å². The second-order valence-corrected chi connectivity index (χ2v) is 4.66. The standard InChI is InChI=1S/C12H14O3/c1-12(2,3)9-5-11-10(14-7-15-11)4-8(9)6-13/h4-6H,7H2,1-3H3. The highest BCUT2D eigenvalue weighted by Crippen LogP contribution is 2.38. The first-order valence-electron chi connectivity index (χ1n) is 4.91. The average Bonchev–Trinajstić information content (AvgIpc) is 2.60. The summed E-state index contributed by atoms with van der Waals surface area (Å²) in [4.78, 5) is 11.0. The molecule has 1 aliphatic rings. The van der Waals surface area contributed by atoms with E-state index in [1.807, 2.05) is 6.07 Å². The van der Waals surface area contributed by atoms with E-state index in [-0.39, 0.29) is 12.2 Å². The van der Waals surface area contributed by atoms with Crippen LogP contribution in [0.25, 0.3) is 0 Å². The summed E-state index contributed by atoms with van der Waals surface area (Å²) >= 11 is 0. The third kappa shape index (κ3) is 1.69. The van der Waals surface area contributed by atoms with Crippen molar-refractivity contribution in [2.45, 2.75) is 26.2 Å². The van der Waals surface area contributed by atoms with Gasteiger partial charge in [0.1, 0.15) is 6.29 Å². The molecule has 0 spiro atoms. The fraction of sp³-hybridized carbons (Fsp3) is 0.417. The van der Waals surface area contributed by atoms with Crippen molar-refractivity contribution in [2.24, 2.45) is 0 Å². The van der Waals surface area contributed by atoms with E-state index in [2.05, 4.69) is 20.8 Å². The number of ether oxygens (including phenoxy) is 2. The number of aldehydes is 1. The molecule has 1 aromatic carbocycles. The Hall–Kier alpha value is -1.51. The molecule has 3 heteroatoms. The van der Waals surface area contributed by atoms with E-state index in [1.165, 1.54) is 0 Å². The quantitative estimate of drug-likeness (QED) is 0.662. The molecule has 0 amide bonds. The summed E-state index contributed by atoms with van der Waals surface area (Å²) in [6, 6.07) is 3.64. The van der Waals surface area contributed by atoms with E-state index in [0.717, 1.165) is 17.6 Å². The van der Waals surface area contributed by atoms with Gasteiger partial charge in [-0.2, -0.15) is 0 Å². The maximum atomic E-state index is 11.0. The van der Waals surface area contributed by atoms with Gasteiger partial charge >= 0.3 is 0 Å². The van der Waals surface area contributed by atoms with Gasteiger partial charge in [-0.3, -0.25) is 4.79 Å². The molecule has 0 bridgehead atoms. The highest BCUT2D eigenvalue weighted by Gasteiger charge is 2.23. The van der Waals surface area contributed by atoms with E-state index in [9.17, 15) is 4.79 Å². The smallest absolute Gasteiger partial charge is 0.231 e. The van der Waals surface area contributed by atoms with Gasteiger partial charge in [0.05, 0.1) is 0 Å². The maximum absolute atomic E-state index is 11.0. The molecule has 3 nitrogen and oxygen atoms in total. The number of carbonyl (C=O) groups is 1. The molecule has 0 atom stereocenters. The number of benzene rings is 1. The Bertz CT molecular complexity index is 402. The molecule has 1 heterocycles. The maximum Gasteiger partial charge on any atom is 0.231 e. The van der Waals surface area contributed by atoms with E-state index >= 15 is 0 Å². The van der Waals surface area contributed by atoms with Crippen LogP contribution in [-0.4, -0.2) is 13.1 Å². The fourth-order valence-corrected chi connectivity index (χ4v) is 1.70. The summed E-state index contributed by atoms with van der Waals surface area (Å²) in [6.07, 6.45) is 0.864.